The fourth-order valence-electron chi connectivity index (χ4n) is 2.36. The van der Waals surface area contributed by atoms with E-state index in [4.69, 9.17) is 22.8 Å². The van der Waals surface area contributed by atoms with Gasteiger partial charge >= 0.3 is 8.80 Å². The second kappa shape index (κ2) is 10.9. The fourth-order valence-corrected chi connectivity index (χ4v) is 4.90. The lowest BCUT2D eigenvalue weighted by Crippen LogP contribution is -2.57. The van der Waals surface area contributed by atoms with Crippen molar-refractivity contribution in [2.45, 2.75) is 40.9 Å². The highest BCUT2D eigenvalue weighted by molar-refractivity contribution is 6.75. The predicted molar refractivity (Wildman–Crippen MR) is 92.7 cm³/mol. The third kappa shape index (κ3) is 5.67. The van der Waals surface area contributed by atoms with Crippen molar-refractivity contribution in [2.24, 2.45) is 0 Å². The van der Waals surface area contributed by atoms with Gasteiger partial charge in [-0.15, -0.1) is 0 Å². The summed E-state index contributed by atoms with van der Waals surface area (Å²) < 4.78 is 29.3. The van der Waals surface area contributed by atoms with Crippen LogP contribution >= 0.6 is 0 Å². The zero-order chi connectivity index (χ0) is 17.1. The number of ether oxygens (including phenoxy) is 2. The van der Waals surface area contributed by atoms with Gasteiger partial charge in [0.1, 0.15) is 0 Å². The molecule has 0 amide bonds. The summed E-state index contributed by atoms with van der Waals surface area (Å²) in [4.78, 5) is 0. The van der Waals surface area contributed by atoms with Gasteiger partial charge in [0, 0.05) is 43.8 Å². The van der Waals surface area contributed by atoms with Crippen molar-refractivity contribution in [1.82, 2.24) is 0 Å². The summed E-state index contributed by atoms with van der Waals surface area (Å²) in [7, 11) is -2.91. The van der Waals surface area contributed by atoms with Gasteiger partial charge in [-0.05, 0) is 40.7 Å². The molecule has 5 nitrogen and oxygen atoms in total. The Kier molecular flexibility index (Phi) is 9.62. The minimum absolute atomic E-state index is 0.387. The van der Waals surface area contributed by atoms with Crippen LogP contribution in [0.25, 0.3) is 0 Å². The maximum atomic E-state index is 5.96. The molecule has 1 rings (SSSR count). The van der Waals surface area contributed by atoms with Gasteiger partial charge in [-0.1, -0.05) is 18.2 Å². The molecule has 6 heteroatoms. The van der Waals surface area contributed by atoms with Gasteiger partial charge in [-0.25, -0.2) is 0 Å². The molecule has 0 saturated carbocycles. The summed E-state index contributed by atoms with van der Waals surface area (Å²) >= 11 is 0. The molecule has 0 aromatic heterocycles. The molecule has 0 bridgehead atoms. The number of rotatable bonds is 12. The minimum Gasteiger partial charge on any atom is -0.370 e. The number of hydrogen-bond acceptors (Lipinski definition) is 5. The SMILES string of the molecule is CCOC(OCC)c1cccc([Si](OCC)(OCC)OCC)c1. The van der Waals surface area contributed by atoms with E-state index in [1.807, 2.05) is 58.9 Å². The lowest BCUT2D eigenvalue weighted by atomic mass is 10.2. The third-order valence-corrected chi connectivity index (χ3v) is 6.18. The molecule has 23 heavy (non-hydrogen) atoms. The molecule has 0 aliphatic carbocycles. The Bertz CT molecular complexity index is 418. The summed E-state index contributed by atoms with van der Waals surface area (Å²) in [6.45, 7) is 12.5. The van der Waals surface area contributed by atoms with E-state index in [1.54, 1.807) is 0 Å². The van der Waals surface area contributed by atoms with Crippen LogP contribution in [-0.4, -0.2) is 41.8 Å². The number of hydrogen-bond donors (Lipinski definition) is 0. The first kappa shape index (κ1) is 20.3. The summed E-state index contributed by atoms with van der Waals surface area (Å²) in [5.41, 5.74) is 0.946. The van der Waals surface area contributed by atoms with Crippen LogP contribution in [0.2, 0.25) is 0 Å². The lowest BCUT2D eigenvalue weighted by molar-refractivity contribution is -0.140. The first-order chi connectivity index (χ1) is 11.2. The summed E-state index contributed by atoms with van der Waals surface area (Å²) in [6, 6.07) is 7.96. The van der Waals surface area contributed by atoms with Crippen LogP contribution in [0.5, 0.6) is 0 Å². The zero-order valence-electron chi connectivity index (χ0n) is 15.0. The lowest BCUT2D eigenvalue weighted by Gasteiger charge is -2.29. The zero-order valence-corrected chi connectivity index (χ0v) is 16.0. The molecular formula is C17H30O5Si. The maximum Gasteiger partial charge on any atom is 0.537 e. The molecule has 0 unspecified atom stereocenters. The first-order valence-corrected chi connectivity index (χ1v) is 10.1. The Labute approximate surface area is 141 Å². The molecule has 0 N–H and O–H groups in total. The van der Waals surface area contributed by atoms with Gasteiger partial charge in [-0.3, -0.25) is 0 Å². The van der Waals surface area contributed by atoms with Crippen LogP contribution in [0.3, 0.4) is 0 Å². The van der Waals surface area contributed by atoms with Crippen molar-refractivity contribution in [3.63, 3.8) is 0 Å². The highest BCUT2D eigenvalue weighted by atomic mass is 28.4. The van der Waals surface area contributed by atoms with E-state index in [0.29, 0.717) is 33.0 Å². The Balaban J connectivity index is 3.18. The average Bonchev–Trinajstić information content (AvgIpc) is 2.55. The smallest absolute Gasteiger partial charge is 0.370 e. The van der Waals surface area contributed by atoms with Gasteiger partial charge in [0.2, 0.25) is 0 Å². The standard InChI is InChI=1S/C17H30O5Si/c1-6-18-17(19-7-2)15-12-11-13-16(14-15)23(20-8-3,21-9-4)22-10-5/h11-14,17H,6-10H2,1-5H3. The summed E-state index contributed by atoms with van der Waals surface area (Å²) in [5.74, 6) is 0. The van der Waals surface area contributed by atoms with Crippen LogP contribution in [0.4, 0.5) is 0 Å². The van der Waals surface area contributed by atoms with Crippen LogP contribution < -0.4 is 5.19 Å². The van der Waals surface area contributed by atoms with Crippen molar-refractivity contribution in [3.8, 4) is 0 Å². The van der Waals surface area contributed by atoms with Gasteiger partial charge in [-0.2, -0.15) is 0 Å². The molecular weight excluding hydrogens is 312 g/mol. The van der Waals surface area contributed by atoms with Crippen molar-refractivity contribution in [2.75, 3.05) is 33.0 Å². The molecule has 1 aromatic carbocycles. The number of benzene rings is 1. The third-order valence-electron chi connectivity index (χ3n) is 3.15. The van der Waals surface area contributed by atoms with Gasteiger partial charge in [0.15, 0.2) is 6.29 Å². The summed E-state index contributed by atoms with van der Waals surface area (Å²) in [6.07, 6.45) is -0.387. The average molecular weight is 343 g/mol. The van der Waals surface area contributed by atoms with Crippen LogP contribution in [0.15, 0.2) is 24.3 Å². The van der Waals surface area contributed by atoms with Gasteiger partial charge in [0.05, 0.1) is 0 Å². The second-order valence-corrected chi connectivity index (χ2v) is 7.28. The largest absolute Gasteiger partial charge is 0.537 e. The quantitative estimate of drug-likeness (QED) is 0.432. The molecule has 0 aliphatic rings. The highest BCUT2D eigenvalue weighted by Gasteiger charge is 2.43. The molecule has 0 atom stereocenters. The molecule has 1 aromatic rings. The van der Waals surface area contributed by atoms with E-state index in [2.05, 4.69) is 0 Å². The predicted octanol–water partition coefficient (Wildman–Crippen LogP) is 3.01. The van der Waals surface area contributed by atoms with E-state index in [-0.39, 0.29) is 6.29 Å². The molecule has 0 spiro atoms. The molecule has 0 heterocycles. The van der Waals surface area contributed by atoms with Crippen molar-refractivity contribution in [1.29, 1.82) is 0 Å². The monoisotopic (exact) mass is 342 g/mol. The van der Waals surface area contributed by atoms with Crippen molar-refractivity contribution in [3.05, 3.63) is 29.8 Å². The Morgan fingerprint density at radius 2 is 1.30 bits per heavy atom. The van der Waals surface area contributed by atoms with Gasteiger partial charge in [0.25, 0.3) is 0 Å². The molecule has 0 aliphatic heterocycles. The molecule has 132 valence electrons. The second-order valence-electron chi connectivity index (χ2n) is 4.72. The van der Waals surface area contributed by atoms with Gasteiger partial charge < -0.3 is 22.8 Å². The van der Waals surface area contributed by atoms with Crippen LogP contribution in [0, 0.1) is 0 Å². The van der Waals surface area contributed by atoms with Crippen LogP contribution in [-0.2, 0) is 22.8 Å². The fraction of sp³-hybridized carbons (Fsp3) is 0.647. The Morgan fingerprint density at radius 3 is 1.74 bits per heavy atom. The van der Waals surface area contributed by atoms with E-state index in [1.165, 1.54) is 0 Å². The van der Waals surface area contributed by atoms with Crippen molar-refractivity contribution >= 4 is 14.0 Å². The van der Waals surface area contributed by atoms with Crippen molar-refractivity contribution < 1.29 is 22.8 Å². The molecule has 0 radical (unpaired) electrons. The van der Waals surface area contributed by atoms with E-state index < -0.39 is 8.80 Å². The highest BCUT2D eigenvalue weighted by Crippen LogP contribution is 2.20. The Morgan fingerprint density at radius 1 is 0.783 bits per heavy atom. The topological polar surface area (TPSA) is 46.2 Å². The Hall–Kier alpha value is -0.763. The molecule has 0 fully saturated rings. The normalized spacial score (nSPS) is 12.1. The maximum absolute atomic E-state index is 5.96. The van der Waals surface area contributed by atoms with Crippen LogP contribution in [0.1, 0.15) is 46.5 Å². The van der Waals surface area contributed by atoms with E-state index in [0.717, 1.165) is 10.8 Å². The summed E-state index contributed by atoms with van der Waals surface area (Å²) in [5, 5.41) is 0.935. The first-order valence-electron chi connectivity index (χ1n) is 8.42. The molecule has 0 saturated heterocycles. The van der Waals surface area contributed by atoms with E-state index in [9.17, 15) is 0 Å². The van der Waals surface area contributed by atoms with E-state index >= 15 is 0 Å². The minimum atomic E-state index is -2.91.